The molecule has 0 aliphatic carbocycles. The summed E-state index contributed by atoms with van der Waals surface area (Å²) in [6.45, 7) is 6.74. The molecule has 0 aromatic carbocycles. The number of hydrogen-bond donors (Lipinski definition) is 0. The summed E-state index contributed by atoms with van der Waals surface area (Å²) < 4.78 is 38.3. The minimum absolute atomic E-state index is 0.248. The minimum atomic E-state index is -2.84. The second-order valence-electron chi connectivity index (χ2n) is 7.56. The summed E-state index contributed by atoms with van der Waals surface area (Å²) in [4.78, 5) is 15.6. The molecule has 5 nitrogen and oxygen atoms in total. The number of methoxy groups -OCH3 is 1. The van der Waals surface area contributed by atoms with Gasteiger partial charge in [-0.05, 0) is 33.6 Å². The first-order chi connectivity index (χ1) is 10.6. The van der Waals surface area contributed by atoms with Crippen molar-refractivity contribution in [3.8, 4) is 0 Å². The predicted octanol–water partition coefficient (Wildman–Crippen LogP) is 2.74. The van der Waals surface area contributed by atoms with Crippen molar-refractivity contribution in [2.75, 3.05) is 33.3 Å². The Morgan fingerprint density at radius 3 is 2.39 bits per heavy atom. The van der Waals surface area contributed by atoms with Crippen LogP contribution < -0.4 is 0 Å². The van der Waals surface area contributed by atoms with Gasteiger partial charge in [0.2, 0.25) is 0 Å². The highest BCUT2D eigenvalue weighted by Gasteiger charge is 2.48. The zero-order valence-corrected chi connectivity index (χ0v) is 14.5. The number of alkyl halides is 2. The highest BCUT2D eigenvalue weighted by Crippen LogP contribution is 2.34. The van der Waals surface area contributed by atoms with Gasteiger partial charge in [0, 0.05) is 33.2 Å². The number of piperidine rings is 1. The molecule has 0 N–H and O–H groups in total. The number of nitrogens with zero attached hydrogens (tertiary/aromatic N) is 2. The fourth-order valence-electron chi connectivity index (χ4n) is 3.22. The highest BCUT2D eigenvalue weighted by atomic mass is 19.3. The normalized spacial score (nSPS) is 26.5. The average molecular weight is 334 g/mol. The molecular weight excluding hydrogens is 306 g/mol. The highest BCUT2D eigenvalue weighted by molar-refractivity contribution is 5.69. The van der Waals surface area contributed by atoms with E-state index in [1.165, 1.54) is 4.90 Å². The zero-order valence-electron chi connectivity index (χ0n) is 14.5. The SMILES string of the molecule is COC1CCN(CC2CC(F)(F)CN2C(=O)OC(C)(C)C)CC1. The maximum Gasteiger partial charge on any atom is 0.410 e. The molecule has 23 heavy (non-hydrogen) atoms. The maximum absolute atomic E-state index is 13.8. The summed E-state index contributed by atoms with van der Waals surface area (Å²) in [5.41, 5.74) is -0.684. The Balaban J connectivity index is 1.96. The minimum Gasteiger partial charge on any atom is -0.444 e. The molecule has 2 heterocycles. The van der Waals surface area contributed by atoms with Crippen molar-refractivity contribution in [2.45, 2.75) is 63.7 Å². The lowest BCUT2D eigenvalue weighted by Gasteiger charge is -2.35. The molecule has 2 aliphatic heterocycles. The van der Waals surface area contributed by atoms with Crippen LogP contribution in [0.1, 0.15) is 40.0 Å². The standard InChI is InChI=1S/C16H28F2N2O3/c1-15(2,3)23-14(21)20-11-16(17,18)9-12(20)10-19-7-5-13(22-4)6-8-19/h12-13H,5-11H2,1-4H3. The fourth-order valence-corrected chi connectivity index (χ4v) is 3.22. The molecule has 0 bridgehead atoms. The number of carbonyl (C=O) groups excluding carboxylic acids is 1. The first-order valence-electron chi connectivity index (χ1n) is 8.22. The van der Waals surface area contributed by atoms with Crippen LogP contribution in [0.4, 0.5) is 13.6 Å². The number of carbonyl (C=O) groups is 1. The van der Waals surface area contributed by atoms with Gasteiger partial charge in [0.25, 0.3) is 5.92 Å². The van der Waals surface area contributed by atoms with Gasteiger partial charge < -0.3 is 14.4 Å². The topological polar surface area (TPSA) is 42.0 Å². The van der Waals surface area contributed by atoms with Gasteiger partial charge in [-0.1, -0.05) is 0 Å². The summed E-state index contributed by atoms with van der Waals surface area (Å²) >= 11 is 0. The summed E-state index contributed by atoms with van der Waals surface area (Å²) in [6.07, 6.45) is 1.10. The molecule has 1 unspecified atom stereocenters. The Morgan fingerprint density at radius 1 is 1.26 bits per heavy atom. The Kier molecular flexibility index (Phi) is 5.51. The van der Waals surface area contributed by atoms with Crippen molar-refractivity contribution in [2.24, 2.45) is 0 Å². The first-order valence-corrected chi connectivity index (χ1v) is 8.22. The number of rotatable bonds is 3. The predicted molar refractivity (Wildman–Crippen MR) is 82.8 cm³/mol. The quantitative estimate of drug-likeness (QED) is 0.796. The molecule has 0 saturated carbocycles. The van der Waals surface area contributed by atoms with E-state index in [1.54, 1.807) is 27.9 Å². The first kappa shape index (κ1) is 18.4. The molecule has 0 aromatic heterocycles. The van der Waals surface area contributed by atoms with Gasteiger partial charge in [0.1, 0.15) is 5.60 Å². The lowest BCUT2D eigenvalue weighted by Crippen LogP contribution is -2.47. The Labute approximate surface area is 136 Å². The van der Waals surface area contributed by atoms with Gasteiger partial charge in [0.15, 0.2) is 0 Å². The number of hydrogen-bond acceptors (Lipinski definition) is 4. The van der Waals surface area contributed by atoms with E-state index in [0.717, 1.165) is 25.9 Å². The van der Waals surface area contributed by atoms with E-state index in [1.807, 2.05) is 0 Å². The summed E-state index contributed by atoms with van der Waals surface area (Å²) in [7, 11) is 1.70. The zero-order chi connectivity index (χ0) is 17.3. The van der Waals surface area contributed by atoms with Crippen molar-refractivity contribution in [3.63, 3.8) is 0 Å². The number of halogens is 2. The Hall–Kier alpha value is -0.950. The smallest absolute Gasteiger partial charge is 0.410 e. The van der Waals surface area contributed by atoms with Gasteiger partial charge in [-0.25, -0.2) is 13.6 Å². The fraction of sp³-hybridized carbons (Fsp3) is 0.938. The van der Waals surface area contributed by atoms with E-state index in [-0.39, 0.29) is 12.5 Å². The third-order valence-electron chi connectivity index (χ3n) is 4.34. The molecule has 2 fully saturated rings. The van der Waals surface area contributed by atoms with E-state index in [0.29, 0.717) is 6.54 Å². The molecule has 2 aliphatic rings. The average Bonchev–Trinajstić information content (AvgIpc) is 2.73. The van der Waals surface area contributed by atoms with E-state index in [4.69, 9.17) is 9.47 Å². The summed E-state index contributed by atoms with van der Waals surface area (Å²) in [5, 5.41) is 0. The van der Waals surface area contributed by atoms with Crippen LogP contribution in [0.15, 0.2) is 0 Å². The van der Waals surface area contributed by atoms with Crippen molar-refractivity contribution < 1.29 is 23.0 Å². The monoisotopic (exact) mass is 334 g/mol. The van der Waals surface area contributed by atoms with Crippen LogP contribution in [0.25, 0.3) is 0 Å². The Bertz CT molecular complexity index is 418. The van der Waals surface area contributed by atoms with Gasteiger partial charge in [-0.3, -0.25) is 4.90 Å². The van der Waals surface area contributed by atoms with E-state index < -0.39 is 30.2 Å². The molecule has 1 atom stereocenters. The van der Waals surface area contributed by atoms with Crippen LogP contribution in [0.5, 0.6) is 0 Å². The largest absolute Gasteiger partial charge is 0.444 e. The number of likely N-dealkylation sites (tertiary alicyclic amines) is 2. The molecule has 2 saturated heterocycles. The molecule has 7 heteroatoms. The maximum atomic E-state index is 13.8. The molecule has 0 radical (unpaired) electrons. The van der Waals surface area contributed by atoms with Gasteiger partial charge in [-0.2, -0.15) is 0 Å². The van der Waals surface area contributed by atoms with Crippen LogP contribution in [-0.4, -0.2) is 72.9 Å². The summed E-state index contributed by atoms with van der Waals surface area (Å²) in [6, 6.07) is -0.501. The summed E-state index contributed by atoms with van der Waals surface area (Å²) in [5.74, 6) is -2.84. The number of ether oxygens (including phenoxy) is 2. The number of amides is 1. The van der Waals surface area contributed by atoms with Crippen molar-refractivity contribution >= 4 is 6.09 Å². The third kappa shape index (κ3) is 5.28. The lowest BCUT2D eigenvalue weighted by atomic mass is 10.1. The molecule has 0 aromatic rings. The molecule has 2 rings (SSSR count). The van der Waals surface area contributed by atoms with Crippen LogP contribution in [0, 0.1) is 0 Å². The molecule has 134 valence electrons. The van der Waals surface area contributed by atoms with Crippen LogP contribution in [0.3, 0.4) is 0 Å². The van der Waals surface area contributed by atoms with Crippen molar-refractivity contribution in [1.29, 1.82) is 0 Å². The van der Waals surface area contributed by atoms with E-state index >= 15 is 0 Å². The second-order valence-corrected chi connectivity index (χ2v) is 7.56. The van der Waals surface area contributed by atoms with Gasteiger partial charge in [0.05, 0.1) is 18.7 Å². The van der Waals surface area contributed by atoms with E-state index in [2.05, 4.69) is 4.90 Å². The molecule has 1 amide bonds. The van der Waals surface area contributed by atoms with Gasteiger partial charge in [-0.15, -0.1) is 0 Å². The van der Waals surface area contributed by atoms with E-state index in [9.17, 15) is 13.6 Å². The van der Waals surface area contributed by atoms with Crippen molar-refractivity contribution in [1.82, 2.24) is 9.80 Å². The molecular formula is C16H28F2N2O3. The third-order valence-corrected chi connectivity index (χ3v) is 4.34. The second kappa shape index (κ2) is 6.89. The van der Waals surface area contributed by atoms with Crippen molar-refractivity contribution in [3.05, 3.63) is 0 Å². The van der Waals surface area contributed by atoms with Crippen LogP contribution in [-0.2, 0) is 9.47 Å². The van der Waals surface area contributed by atoms with Gasteiger partial charge >= 0.3 is 6.09 Å². The van der Waals surface area contributed by atoms with Crippen LogP contribution >= 0.6 is 0 Å². The van der Waals surface area contributed by atoms with Crippen LogP contribution in [0.2, 0.25) is 0 Å². The Morgan fingerprint density at radius 2 is 1.87 bits per heavy atom. The molecule has 0 spiro atoms. The lowest BCUT2D eigenvalue weighted by molar-refractivity contribution is -0.00313.